The molecule has 0 aliphatic carbocycles. The van der Waals surface area contributed by atoms with Crippen LogP contribution in [0.3, 0.4) is 0 Å². The molecule has 2 aromatic rings. The first-order valence-electron chi connectivity index (χ1n) is 7.91. The minimum absolute atomic E-state index is 0.171. The molecule has 6 heteroatoms. The van der Waals surface area contributed by atoms with E-state index < -0.39 is 0 Å². The Labute approximate surface area is 144 Å². The largest absolute Gasteiger partial charge is 0.462 e. The van der Waals surface area contributed by atoms with Crippen LogP contribution in [-0.4, -0.2) is 22.3 Å². The molecule has 3 rings (SSSR count). The van der Waals surface area contributed by atoms with Gasteiger partial charge in [0.25, 0.3) is 0 Å². The van der Waals surface area contributed by atoms with E-state index in [1.165, 1.54) is 22.5 Å². The van der Waals surface area contributed by atoms with E-state index in [0.717, 1.165) is 34.5 Å². The van der Waals surface area contributed by atoms with E-state index in [9.17, 15) is 4.79 Å². The fourth-order valence-corrected chi connectivity index (χ4v) is 5.23. The van der Waals surface area contributed by atoms with Crippen LogP contribution in [0.15, 0.2) is 0 Å². The van der Waals surface area contributed by atoms with Crippen molar-refractivity contribution in [1.82, 2.24) is 4.98 Å². The second-order valence-electron chi connectivity index (χ2n) is 6.34. The van der Waals surface area contributed by atoms with Crippen LogP contribution in [0.2, 0.25) is 0 Å². The first-order valence-corrected chi connectivity index (χ1v) is 9.71. The van der Waals surface area contributed by atoms with Gasteiger partial charge in [-0.15, -0.1) is 11.3 Å². The van der Waals surface area contributed by atoms with E-state index in [0.29, 0.717) is 17.2 Å². The van der Waals surface area contributed by atoms with Gasteiger partial charge in [-0.25, -0.2) is 9.78 Å². The zero-order chi connectivity index (χ0) is 16.8. The summed E-state index contributed by atoms with van der Waals surface area (Å²) in [5, 5.41) is 0.971. The Morgan fingerprint density at radius 1 is 1.35 bits per heavy atom. The van der Waals surface area contributed by atoms with Gasteiger partial charge in [0.05, 0.1) is 12.3 Å². The summed E-state index contributed by atoms with van der Waals surface area (Å²) >= 11 is 3.32. The van der Waals surface area contributed by atoms with Gasteiger partial charge in [0.2, 0.25) is 0 Å². The molecule has 0 bridgehead atoms. The number of ether oxygens (including phenoxy) is 1. The number of carbonyl (C=O) groups excluding carboxylic acids is 1. The van der Waals surface area contributed by atoms with E-state index in [1.807, 2.05) is 11.8 Å². The number of pyridine rings is 1. The van der Waals surface area contributed by atoms with Crippen LogP contribution < -0.4 is 5.73 Å². The van der Waals surface area contributed by atoms with Crippen LogP contribution >= 0.6 is 23.1 Å². The predicted molar refractivity (Wildman–Crippen MR) is 98.4 cm³/mol. The van der Waals surface area contributed by atoms with Crippen molar-refractivity contribution < 1.29 is 9.53 Å². The number of fused-ring (bicyclic) bond motifs is 3. The van der Waals surface area contributed by atoms with E-state index in [4.69, 9.17) is 15.5 Å². The first kappa shape index (κ1) is 16.6. The van der Waals surface area contributed by atoms with Crippen molar-refractivity contribution in [2.75, 3.05) is 12.3 Å². The maximum atomic E-state index is 12.2. The summed E-state index contributed by atoms with van der Waals surface area (Å²) in [5.74, 6) is 0.614. The fraction of sp³-hybridized carbons (Fsp3) is 0.529. The van der Waals surface area contributed by atoms with E-state index in [1.54, 1.807) is 6.92 Å². The highest BCUT2D eigenvalue weighted by Gasteiger charge is 2.32. The minimum Gasteiger partial charge on any atom is -0.462 e. The third kappa shape index (κ3) is 2.83. The lowest BCUT2D eigenvalue weighted by atomic mass is 9.93. The normalized spacial score (nSPS) is 16.3. The van der Waals surface area contributed by atoms with Gasteiger partial charge in [-0.1, -0.05) is 20.8 Å². The summed E-state index contributed by atoms with van der Waals surface area (Å²) in [4.78, 5) is 18.3. The molecule has 0 saturated heterocycles. The standard InChI is InChI=1S/C17H22N2O2S2/c1-5-11-10-8-22-17(3,4)7-9(10)12-13(18)14(16(20)21-6-2)23-15(12)19-11/h5-8,18H2,1-4H3. The summed E-state index contributed by atoms with van der Waals surface area (Å²) in [6, 6.07) is 0. The molecule has 2 aromatic heterocycles. The molecule has 0 radical (unpaired) electrons. The maximum Gasteiger partial charge on any atom is 0.350 e. The topological polar surface area (TPSA) is 65.2 Å². The van der Waals surface area contributed by atoms with E-state index in [2.05, 4.69) is 20.8 Å². The van der Waals surface area contributed by atoms with Gasteiger partial charge in [-0.2, -0.15) is 11.8 Å². The van der Waals surface area contributed by atoms with Gasteiger partial charge in [0.15, 0.2) is 0 Å². The van der Waals surface area contributed by atoms with Crippen molar-refractivity contribution in [2.45, 2.75) is 51.0 Å². The highest BCUT2D eigenvalue weighted by molar-refractivity contribution is 7.99. The Bertz CT molecular complexity index is 781. The lowest BCUT2D eigenvalue weighted by molar-refractivity contribution is 0.0533. The van der Waals surface area contributed by atoms with E-state index >= 15 is 0 Å². The summed E-state index contributed by atoms with van der Waals surface area (Å²) in [6.07, 6.45) is 1.84. The molecule has 23 heavy (non-hydrogen) atoms. The van der Waals surface area contributed by atoms with Crippen LogP contribution in [-0.2, 0) is 23.3 Å². The summed E-state index contributed by atoms with van der Waals surface area (Å²) in [6.45, 7) is 8.79. The van der Waals surface area contributed by atoms with Gasteiger partial charge in [0, 0.05) is 21.6 Å². The van der Waals surface area contributed by atoms with Gasteiger partial charge in [-0.3, -0.25) is 0 Å². The number of rotatable bonds is 3. The second kappa shape index (κ2) is 5.98. The Morgan fingerprint density at radius 2 is 2.09 bits per heavy atom. The van der Waals surface area contributed by atoms with E-state index in [-0.39, 0.29) is 10.7 Å². The van der Waals surface area contributed by atoms with Crippen molar-refractivity contribution in [3.63, 3.8) is 0 Å². The minimum atomic E-state index is -0.343. The number of hydrogen-bond donors (Lipinski definition) is 1. The zero-order valence-electron chi connectivity index (χ0n) is 14.0. The number of aromatic nitrogens is 1. The quantitative estimate of drug-likeness (QED) is 0.841. The molecule has 4 nitrogen and oxygen atoms in total. The molecule has 0 unspecified atom stereocenters. The first-order chi connectivity index (χ1) is 10.9. The number of nitrogens with zero attached hydrogens (tertiary/aromatic N) is 1. The highest BCUT2D eigenvalue weighted by atomic mass is 32.2. The molecule has 0 saturated carbocycles. The lowest BCUT2D eigenvalue weighted by Crippen LogP contribution is -2.25. The van der Waals surface area contributed by atoms with Crippen molar-refractivity contribution in [2.24, 2.45) is 0 Å². The number of nitrogens with two attached hydrogens (primary N) is 1. The number of anilines is 1. The van der Waals surface area contributed by atoms with Crippen LogP contribution in [0.25, 0.3) is 10.2 Å². The van der Waals surface area contributed by atoms with Crippen LogP contribution in [0, 0.1) is 0 Å². The smallest absolute Gasteiger partial charge is 0.350 e. The molecular weight excluding hydrogens is 328 g/mol. The number of carbonyl (C=O) groups is 1. The molecule has 0 spiro atoms. The Hall–Kier alpha value is -1.27. The van der Waals surface area contributed by atoms with Gasteiger partial charge in [-0.05, 0) is 30.9 Å². The van der Waals surface area contributed by atoms with Crippen molar-refractivity contribution >= 4 is 45.0 Å². The molecular formula is C17H22N2O2S2. The number of aryl methyl sites for hydroxylation is 1. The lowest BCUT2D eigenvalue weighted by Gasteiger charge is -2.32. The van der Waals surface area contributed by atoms with Crippen LogP contribution in [0.4, 0.5) is 5.69 Å². The molecule has 124 valence electrons. The third-order valence-corrected chi connectivity index (χ3v) is 6.62. The monoisotopic (exact) mass is 350 g/mol. The number of nitrogen functional groups attached to an aromatic ring is 1. The van der Waals surface area contributed by atoms with Crippen LogP contribution in [0.5, 0.6) is 0 Å². The molecule has 2 N–H and O–H groups in total. The molecule has 0 amide bonds. The Morgan fingerprint density at radius 3 is 2.74 bits per heavy atom. The molecule has 3 heterocycles. The van der Waals surface area contributed by atoms with Gasteiger partial charge < -0.3 is 10.5 Å². The van der Waals surface area contributed by atoms with Crippen molar-refractivity contribution in [1.29, 1.82) is 0 Å². The molecule has 1 aliphatic heterocycles. The number of hydrogen-bond acceptors (Lipinski definition) is 6. The zero-order valence-corrected chi connectivity index (χ0v) is 15.6. The van der Waals surface area contributed by atoms with Crippen LogP contribution in [0.1, 0.15) is 54.2 Å². The average molecular weight is 351 g/mol. The van der Waals surface area contributed by atoms with Crippen molar-refractivity contribution in [3.8, 4) is 0 Å². The average Bonchev–Trinajstić information content (AvgIpc) is 2.82. The number of thiophene rings is 1. The predicted octanol–water partition coefficient (Wildman–Crippen LogP) is 4.19. The molecule has 0 atom stereocenters. The third-order valence-electron chi connectivity index (χ3n) is 4.18. The molecule has 1 aliphatic rings. The summed E-state index contributed by atoms with van der Waals surface area (Å²) < 4.78 is 5.31. The van der Waals surface area contributed by atoms with Crippen molar-refractivity contribution in [3.05, 3.63) is 21.7 Å². The Kier molecular flexibility index (Phi) is 4.31. The molecule has 0 fully saturated rings. The SMILES string of the molecule is CCOC(=O)c1sc2nc(CC)c3c(c2c1N)CC(C)(C)SC3. The number of esters is 1. The maximum absolute atomic E-state index is 12.2. The summed E-state index contributed by atoms with van der Waals surface area (Å²) in [7, 11) is 0. The van der Waals surface area contributed by atoms with Gasteiger partial charge in [0.1, 0.15) is 9.71 Å². The second-order valence-corrected chi connectivity index (χ2v) is 9.02. The number of thioether (sulfide) groups is 1. The van der Waals surface area contributed by atoms with Gasteiger partial charge >= 0.3 is 5.97 Å². The fourth-order valence-electron chi connectivity index (χ4n) is 3.07. The highest BCUT2D eigenvalue weighted by Crippen LogP contribution is 2.45. The summed E-state index contributed by atoms with van der Waals surface area (Å²) in [5.41, 5.74) is 10.6. The Balaban J connectivity index is 2.26. The molecule has 0 aromatic carbocycles.